The highest BCUT2D eigenvalue weighted by atomic mass is 16.5. The fourth-order valence-electron chi connectivity index (χ4n) is 4.25. The van der Waals surface area contributed by atoms with Crippen LogP contribution in [0.15, 0.2) is 61.1 Å². The van der Waals surface area contributed by atoms with Crippen LogP contribution in [0.3, 0.4) is 0 Å². The zero-order chi connectivity index (χ0) is 23.3. The highest BCUT2D eigenvalue weighted by molar-refractivity contribution is 5.95. The van der Waals surface area contributed by atoms with Gasteiger partial charge in [-0.25, -0.2) is 9.97 Å². The molecule has 34 heavy (non-hydrogen) atoms. The summed E-state index contributed by atoms with van der Waals surface area (Å²) in [6, 6.07) is 14.1. The van der Waals surface area contributed by atoms with Crippen LogP contribution in [0.5, 0.6) is 0 Å². The van der Waals surface area contributed by atoms with Crippen LogP contribution in [0.4, 0.5) is 5.82 Å². The SMILES string of the molecule is Cn1cc(-c2ccccc2CCNC(=O)c2ccc3cnc(NC4CCOCC4)cc3n2)cn1. The standard InChI is InChI=1S/C26H28N6O2/c1-32-17-20(16-29-32)22-5-3-2-4-18(22)8-11-27-26(33)23-7-6-19-15-28-25(14-24(19)31-23)30-21-9-12-34-13-10-21/h2-7,14-17,21H,8-13H2,1H3,(H,27,33)(H,28,30). The lowest BCUT2D eigenvalue weighted by Crippen LogP contribution is -2.28. The molecule has 2 N–H and O–H groups in total. The molecule has 0 spiro atoms. The van der Waals surface area contributed by atoms with Gasteiger partial charge in [-0.15, -0.1) is 0 Å². The quantitative estimate of drug-likeness (QED) is 0.441. The third-order valence-corrected chi connectivity index (χ3v) is 6.09. The van der Waals surface area contributed by atoms with Crippen molar-refractivity contribution in [3.05, 3.63) is 72.3 Å². The minimum atomic E-state index is -0.184. The second-order valence-corrected chi connectivity index (χ2v) is 8.56. The average molecular weight is 457 g/mol. The Balaban J connectivity index is 1.24. The van der Waals surface area contributed by atoms with Crippen molar-refractivity contribution >= 4 is 22.6 Å². The number of hydrogen-bond donors (Lipinski definition) is 2. The van der Waals surface area contributed by atoms with E-state index in [1.165, 1.54) is 0 Å². The fraction of sp³-hybridized carbons (Fsp3) is 0.308. The minimum Gasteiger partial charge on any atom is -0.381 e. The number of amides is 1. The molecule has 8 heteroatoms. The first-order valence-electron chi connectivity index (χ1n) is 11.6. The first-order chi connectivity index (χ1) is 16.7. The summed E-state index contributed by atoms with van der Waals surface area (Å²) in [5.74, 6) is 0.591. The Bertz CT molecular complexity index is 1300. The second-order valence-electron chi connectivity index (χ2n) is 8.56. The topological polar surface area (TPSA) is 94.0 Å². The number of fused-ring (bicyclic) bond motifs is 1. The third kappa shape index (κ3) is 5.07. The molecule has 1 aliphatic heterocycles. The number of hydrogen-bond acceptors (Lipinski definition) is 6. The number of aromatic nitrogens is 4. The van der Waals surface area contributed by atoms with Gasteiger partial charge in [-0.05, 0) is 42.5 Å². The molecule has 4 aromatic rings. The molecule has 8 nitrogen and oxygen atoms in total. The summed E-state index contributed by atoms with van der Waals surface area (Å²) >= 11 is 0. The van der Waals surface area contributed by atoms with Crippen molar-refractivity contribution in [2.24, 2.45) is 7.05 Å². The van der Waals surface area contributed by atoms with Gasteiger partial charge in [-0.3, -0.25) is 9.48 Å². The molecule has 3 aromatic heterocycles. The number of carbonyl (C=O) groups excluding carboxylic acids is 1. The van der Waals surface area contributed by atoms with Gasteiger partial charge in [0.05, 0.1) is 11.7 Å². The Labute approximate surface area is 198 Å². The molecule has 0 bridgehead atoms. The molecule has 0 saturated carbocycles. The molecule has 5 rings (SSSR count). The van der Waals surface area contributed by atoms with E-state index < -0.39 is 0 Å². The summed E-state index contributed by atoms with van der Waals surface area (Å²) in [7, 11) is 1.91. The van der Waals surface area contributed by atoms with E-state index in [-0.39, 0.29) is 5.91 Å². The van der Waals surface area contributed by atoms with Crippen molar-refractivity contribution in [1.29, 1.82) is 0 Å². The summed E-state index contributed by atoms with van der Waals surface area (Å²) in [5, 5.41) is 11.6. The average Bonchev–Trinajstić information content (AvgIpc) is 3.30. The van der Waals surface area contributed by atoms with Gasteiger partial charge in [0.1, 0.15) is 11.5 Å². The van der Waals surface area contributed by atoms with Crippen molar-refractivity contribution in [2.45, 2.75) is 25.3 Å². The van der Waals surface area contributed by atoms with Gasteiger partial charge in [0.25, 0.3) is 5.91 Å². The number of pyridine rings is 2. The lowest BCUT2D eigenvalue weighted by Gasteiger charge is -2.23. The Morgan fingerprint density at radius 3 is 2.82 bits per heavy atom. The maximum absolute atomic E-state index is 12.8. The molecule has 4 heterocycles. The highest BCUT2D eigenvalue weighted by Crippen LogP contribution is 2.23. The third-order valence-electron chi connectivity index (χ3n) is 6.09. The monoisotopic (exact) mass is 456 g/mol. The number of carbonyl (C=O) groups is 1. The lowest BCUT2D eigenvalue weighted by atomic mass is 10.0. The molecule has 0 radical (unpaired) electrons. The fourth-order valence-corrected chi connectivity index (χ4v) is 4.25. The van der Waals surface area contributed by atoms with E-state index in [1.54, 1.807) is 16.9 Å². The Morgan fingerprint density at radius 2 is 2.00 bits per heavy atom. The van der Waals surface area contributed by atoms with E-state index in [2.05, 4.69) is 37.8 Å². The summed E-state index contributed by atoms with van der Waals surface area (Å²) < 4.78 is 7.21. The molecule has 174 valence electrons. The van der Waals surface area contributed by atoms with Crippen molar-refractivity contribution < 1.29 is 9.53 Å². The number of nitrogens with zero attached hydrogens (tertiary/aromatic N) is 4. The van der Waals surface area contributed by atoms with Crippen molar-refractivity contribution in [2.75, 3.05) is 25.1 Å². The summed E-state index contributed by atoms with van der Waals surface area (Å²) in [6.07, 6.45) is 8.28. The Morgan fingerprint density at radius 1 is 1.15 bits per heavy atom. The van der Waals surface area contributed by atoms with Crippen molar-refractivity contribution in [3.8, 4) is 11.1 Å². The largest absolute Gasteiger partial charge is 0.381 e. The molecule has 1 aromatic carbocycles. The first-order valence-corrected chi connectivity index (χ1v) is 11.6. The predicted octanol–water partition coefficient (Wildman–Crippen LogP) is 3.59. The van der Waals surface area contributed by atoms with Crippen molar-refractivity contribution in [1.82, 2.24) is 25.1 Å². The molecule has 1 aliphatic rings. The zero-order valence-corrected chi connectivity index (χ0v) is 19.2. The summed E-state index contributed by atoms with van der Waals surface area (Å²) in [4.78, 5) is 21.9. The number of aryl methyl sites for hydroxylation is 1. The lowest BCUT2D eigenvalue weighted by molar-refractivity contribution is 0.0903. The van der Waals surface area contributed by atoms with E-state index >= 15 is 0 Å². The molecule has 1 saturated heterocycles. The van der Waals surface area contributed by atoms with Gasteiger partial charge in [-0.1, -0.05) is 24.3 Å². The van der Waals surface area contributed by atoms with Gasteiger partial charge in [0, 0.05) is 62.3 Å². The number of benzene rings is 1. The molecule has 0 aliphatic carbocycles. The maximum atomic E-state index is 12.8. The molecule has 1 fully saturated rings. The van der Waals surface area contributed by atoms with Gasteiger partial charge in [-0.2, -0.15) is 5.10 Å². The highest BCUT2D eigenvalue weighted by Gasteiger charge is 2.15. The summed E-state index contributed by atoms with van der Waals surface area (Å²) in [6.45, 7) is 2.05. The van der Waals surface area contributed by atoms with Crippen LogP contribution < -0.4 is 10.6 Å². The minimum absolute atomic E-state index is 0.184. The van der Waals surface area contributed by atoms with Crippen LogP contribution in [-0.4, -0.2) is 51.5 Å². The van der Waals surface area contributed by atoms with Crippen LogP contribution in [0, 0.1) is 0 Å². The number of rotatable bonds is 7. The normalized spacial score (nSPS) is 14.3. The number of nitrogens with one attached hydrogen (secondary N) is 2. The van der Waals surface area contributed by atoms with Gasteiger partial charge >= 0.3 is 0 Å². The van der Waals surface area contributed by atoms with Crippen LogP contribution in [-0.2, 0) is 18.2 Å². The summed E-state index contributed by atoms with van der Waals surface area (Å²) in [5.41, 5.74) is 4.51. The molecular weight excluding hydrogens is 428 g/mol. The predicted molar refractivity (Wildman–Crippen MR) is 132 cm³/mol. The van der Waals surface area contributed by atoms with E-state index in [0.29, 0.717) is 24.7 Å². The number of ether oxygens (including phenoxy) is 1. The van der Waals surface area contributed by atoms with E-state index in [4.69, 9.17) is 4.74 Å². The molecule has 1 amide bonds. The van der Waals surface area contributed by atoms with Crippen LogP contribution in [0.1, 0.15) is 28.9 Å². The van der Waals surface area contributed by atoms with E-state index in [9.17, 15) is 4.79 Å². The van der Waals surface area contributed by atoms with Crippen LogP contribution >= 0.6 is 0 Å². The molecular formula is C26H28N6O2. The maximum Gasteiger partial charge on any atom is 0.269 e. The van der Waals surface area contributed by atoms with Gasteiger partial charge in [0.15, 0.2) is 0 Å². The smallest absolute Gasteiger partial charge is 0.269 e. The van der Waals surface area contributed by atoms with Crippen LogP contribution in [0.25, 0.3) is 22.0 Å². The molecule has 0 atom stereocenters. The number of anilines is 1. The molecule has 0 unspecified atom stereocenters. The van der Waals surface area contributed by atoms with E-state index in [0.717, 1.165) is 59.5 Å². The first kappa shape index (κ1) is 22.0. The Kier molecular flexibility index (Phi) is 6.49. The van der Waals surface area contributed by atoms with Crippen molar-refractivity contribution in [3.63, 3.8) is 0 Å². The zero-order valence-electron chi connectivity index (χ0n) is 19.2. The second kappa shape index (κ2) is 10.0. The van der Waals surface area contributed by atoms with Gasteiger partial charge in [0.2, 0.25) is 0 Å². The van der Waals surface area contributed by atoms with Gasteiger partial charge < -0.3 is 15.4 Å². The Hall–Kier alpha value is -3.78. The van der Waals surface area contributed by atoms with Crippen LogP contribution in [0.2, 0.25) is 0 Å². The van der Waals surface area contributed by atoms with E-state index in [1.807, 2.05) is 43.7 Å².